The maximum atomic E-state index is 7.32. The molecule has 1 saturated heterocycles. The van der Waals surface area contributed by atoms with Gasteiger partial charge in [-0.2, -0.15) is 0 Å². The normalized spacial score (nSPS) is 33.0. The van der Waals surface area contributed by atoms with E-state index in [-0.39, 0.29) is 0 Å². The maximum Gasteiger partial charge on any atom is 0.147 e. The number of para-hydroxylation sites is 1. The highest BCUT2D eigenvalue weighted by Crippen LogP contribution is 2.52. The molecule has 1 aromatic carbocycles. The largest absolute Gasteiger partial charge is 0.350 e. The van der Waals surface area contributed by atoms with Crippen LogP contribution in [-0.4, -0.2) is 34.5 Å². The van der Waals surface area contributed by atoms with Gasteiger partial charge in [0.2, 0.25) is 0 Å². The van der Waals surface area contributed by atoms with Crippen LogP contribution in [0, 0.1) is 0 Å². The molecule has 0 spiro atoms. The molecule has 1 aromatic rings. The molecule has 122 valence electrons. The summed E-state index contributed by atoms with van der Waals surface area (Å²) in [7, 11) is 0. The molecular weight excluding hydrogens is 315 g/mol. The zero-order valence-electron chi connectivity index (χ0n) is 13.4. The van der Waals surface area contributed by atoms with Gasteiger partial charge in [-0.15, -0.1) is 0 Å². The van der Waals surface area contributed by atoms with E-state index in [9.17, 15) is 0 Å². The fraction of sp³-hybridized carbons (Fsp3) is 0.667. The number of hydrogen-bond donors (Lipinski definition) is 0. The predicted molar refractivity (Wildman–Crippen MR) is 95.9 cm³/mol. The molecule has 0 bridgehead atoms. The third kappa shape index (κ3) is 2.64. The summed E-state index contributed by atoms with van der Waals surface area (Å²) in [5, 5.41) is 0. The van der Waals surface area contributed by atoms with Crippen molar-refractivity contribution in [1.29, 1.82) is 0 Å². The van der Waals surface area contributed by atoms with Gasteiger partial charge >= 0.3 is 0 Å². The molecule has 2 atom stereocenters. The minimum atomic E-state index is -0.534. The first kappa shape index (κ1) is 16.4. The molecule has 2 nitrogen and oxygen atoms in total. The van der Waals surface area contributed by atoms with Crippen molar-refractivity contribution < 1.29 is 0 Å². The van der Waals surface area contributed by atoms with Crippen LogP contribution in [0.1, 0.15) is 45.4 Å². The molecule has 2 unspecified atom stereocenters. The molecule has 1 saturated carbocycles. The van der Waals surface area contributed by atoms with Crippen molar-refractivity contribution in [2.75, 3.05) is 24.5 Å². The number of halogens is 2. The van der Waals surface area contributed by atoms with Crippen LogP contribution < -0.4 is 4.90 Å². The first-order valence-corrected chi connectivity index (χ1v) is 9.33. The van der Waals surface area contributed by atoms with Gasteiger partial charge in [0.05, 0.1) is 0 Å². The van der Waals surface area contributed by atoms with Crippen molar-refractivity contribution in [3.05, 3.63) is 30.3 Å². The second kappa shape index (κ2) is 6.59. The maximum absolute atomic E-state index is 7.32. The first-order chi connectivity index (χ1) is 10.6. The average molecular weight is 341 g/mol. The van der Waals surface area contributed by atoms with Crippen molar-refractivity contribution in [3.63, 3.8) is 0 Å². The number of anilines is 1. The predicted octanol–water partition coefficient (Wildman–Crippen LogP) is 5.05. The van der Waals surface area contributed by atoms with Crippen molar-refractivity contribution in [2.24, 2.45) is 0 Å². The zero-order chi connectivity index (χ0) is 15.6. The Labute approximate surface area is 144 Å². The monoisotopic (exact) mass is 340 g/mol. The number of benzene rings is 1. The van der Waals surface area contributed by atoms with Gasteiger partial charge in [-0.3, -0.25) is 4.90 Å². The summed E-state index contributed by atoms with van der Waals surface area (Å²) in [6, 6.07) is 10.5. The topological polar surface area (TPSA) is 6.48 Å². The van der Waals surface area contributed by atoms with E-state index in [1.54, 1.807) is 0 Å². The van der Waals surface area contributed by atoms with Crippen molar-refractivity contribution in [2.45, 2.75) is 55.4 Å². The molecule has 1 aliphatic carbocycles. The van der Waals surface area contributed by atoms with Gasteiger partial charge in [-0.05, 0) is 64.3 Å². The summed E-state index contributed by atoms with van der Waals surface area (Å²) in [6.45, 7) is 5.19. The molecule has 2 fully saturated rings. The van der Waals surface area contributed by atoms with Gasteiger partial charge in [0.15, 0.2) is 0 Å². The number of likely N-dealkylation sites (N-methyl/N-ethyl adjacent to an activating group) is 1. The van der Waals surface area contributed by atoms with Crippen LogP contribution in [0.5, 0.6) is 0 Å². The van der Waals surface area contributed by atoms with Crippen LogP contribution in [0.3, 0.4) is 0 Å². The van der Waals surface area contributed by atoms with Crippen LogP contribution in [0.25, 0.3) is 0 Å². The number of nitrogens with zero attached hydrogens (tertiary/aromatic N) is 2. The molecule has 1 heterocycles. The summed E-state index contributed by atoms with van der Waals surface area (Å²) in [6.07, 6.45) is 6.70. The van der Waals surface area contributed by atoms with Gasteiger partial charge in [-0.25, -0.2) is 0 Å². The lowest BCUT2D eigenvalue weighted by Crippen LogP contribution is -2.66. The van der Waals surface area contributed by atoms with Crippen LogP contribution in [0.4, 0.5) is 5.69 Å². The Kier molecular flexibility index (Phi) is 4.92. The van der Waals surface area contributed by atoms with E-state index in [2.05, 4.69) is 41.0 Å². The number of alkyl halides is 2. The Morgan fingerprint density at radius 1 is 1.00 bits per heavy atom. The second-order valence-electron chi connectivity index (χ2n) is 6.50. The van der Waals surface area contributed by atoms with Crippen LogP contribution in [-0.2, 0) is 0 Å². The highest BCUT2D eigenvalue weighted by Gasteiger charge is 2.57. The van der Waals surface area contributed by atoms with E-state index in [4.69, 9.17) is 23.2 Å². The van der Waals surface area contributed by atoms with Crippen LogP contribution in [0.2, 0.25) is 0 Å². The smallest absolute Gasteiger partial charge is 0.147 e. The minimum absolute atomic E-state index is 0.463. The standard InChI is InChI=1S/C18H26Cl2N2/c1-2-22(16-10-4-3-5-11-16)18(20)13-7-6-12-17(18,19)21-14-8-9-15-21/h3-5,10-11H,2,6-9,12-15H2,1H3. The molecule has 0 amide bonds. The lowest BCUT2D eigenvalue weighted by atomic mass is 9.86. The van der Waals surface area contributed by atoms with E-state index in [1.807, 2.05) is 6.07 Å². The fourth-order valence-electron chi connectivity index (χ4n) is 4.16. The Balaban J connectivity index is 1.98. The van der Waals surface area contributed by atoms with Crippen LogP contribution >= 0.6 is 23.2 Å². The highest BCUT2D eigenvalue weighted by atomic mass is 35.5. The van der Waals surface area contributed by atoms with Gasteiger partial charge in [0.25, 0.3) is 0 Å². The lowest BCUT2D eigenvalue weighted by Gasteiger charge is -2.56. The highest BCUT2D eigenvalue weighted by molar-refractivity contribution is 6.35. The SMILES string of the molecule is CCN(c1ccccc1)C1(Cl)CCCCC1(Cl)N1CCCC1. The third-order valence-corrected chi connectivity index (χ3v) is 6.82. The van der Waals surface area contributed by atoms with Crippen molar-refractivity contribution >= 4 is 28.9 Å². The molecule has 2 aliphatic rings. The minimum Gasteiger partial charge on any atom is -0.350 e. The summed E-state index contributed by atoms with van der Waals surface area (Å²) < 4.78 is 0. The number of likely N-dealkylation sites (tertiary alicyclic amines) is 1. The molecule has 0 aromatic heterocycles. The lowest BCUT2D eigenvalue weighted by molar-refractivity contribution is 0.104. The molecule has 0 radical (unpaired) electrons. The Bertz CT molecular complexity index is 489. The Morgan fingerprint density at radius 2 is 1.64 bits per heavy atom. The van der Waals surface area contributed by atoms with Gasteiger partial charge in [0, 0.05) is 12.2 Å². The molecular formula is C18H26Cl2N2. The number of rotatable bonds is 4. The quantitative estimate of drug-likeness (QED) is 0.558. The molecule has 22 heavy (non-hydrogen) atoms. The Morgan fingerprint density at radius 3 is 2.27 bits per heavy atom. The van der Waals surface area contributed by atoms with Crippen molar-refractivity contribution in [3.8, 4) is 0 Å². The van der Waals surface area contributed by atoms with Gasteiger partial charge < -0.3 is 4.90 Å². The average Bonchev–Trinajstić information content (AvgIpc) is 3.07. The van der Waals surface area contributed by atoms with E-state index in [0.717, 1.165) is 38.9 Å². The second-order valence-corrected chi connectivity index (χ2v) is 7.75. The Hall–Kier alpha value is -0.440. The zero-order valence-corrected chi connectivity index (χ0v) is 14.9. The summed E-state index contributed by atoms with van der Waals surface area (Å²) in [4.78, 5) is 3.76. The molecule has 3 rings (SSSR count). The first-order valence-electron chi connectivity index (χ1n) is 8.57. The molecule has 0 N–H and O–H groups in total. The van der Waals surface area contributed by atoms with E-state index >= 15 is 0 Å². The molecule has 1 aliphatic heterocycles. The molecule has 4 heteroatoms. The summed E-state index contributed by atoms with van der Waals surface area (Å²) >= 11 is 14.6. The van der Waals surface area contributed by atoms with E-state index < -0.39 is 10.00 Å². The van der Waals surface area contributed by atoms with Crippen molar-refractivity contribution in [1.82, 2.24) is 4.90 Å². The summed E-state index contributed by atoms with van der Waals surface area (Å²) in [5.41, 5.74) is 1.17. The van der Waals surface area contributed by atoms with E-state index in [0.29, 0.717) is 0 Å². The van der Waals surface area contributed by atoms with Crippen LogP contribution in [0.15, 0.2) is 30.3 Å². The fourth-order valence-corrected chi connectivity index (χ4v) is 5.22. The van der Waals surface area contributed by atoms with E-state index in [1.165, 1.54) is 24.9 Å². The number of hydrogen-bond acceptors (Lipinski definition) is 2. The van der Waals surface area contributed by atoms with Gasteiger partial charge in [-0.1, -0.05) is 47.8 Å². The van der Waals surface area contributed by atoms with Gasteiger partial charge in [0.1, 0.15) is 10.00 Å². The summed E-state index contributed by atoms with van der Waals surface area (Å²) in [5.74, 6) is 0. The third-order valence-electron chi connectivity index (χ3n) is 5.27.